The fourth-order valence-corrected chi connectivity index (χ4v) is 4.92. The van der Waals surface area contributed by atoms with Gasteiger partial charge in [-0.25, -0.2) is 4.79 Å². The first-order valence-electron chi connectivity index (χ1n) is 10.6. The van der Waals surface area contributed by atoms with E-state index in [9.17, 15) is 9.59 Å². The van der Waals surface area contributed by atoms with Gasteiger partial charge in [0.1, 0.15) is 5.75 Å². The monoisotopic (exact) mass is 415 g/mol. The largest absolute Gasteiger partial charge is 0.497 e. The highest BCUT2D eigenvalue weighted by molar-refractivity contribution is 5.89. The molecular formula is C25H25N3O3. The maximum Gasteiger partial charge on any atom is 0.321 e. The van der Waals surface area contributed by atoms with E-state index in [0.29, 0.717) is 19.6 Å². The molecule has 2 atom stereocenters. The average molecular weight is 415 g/mol. The molecule has 1 saturated heterocycles. The van der Waals surface area contributed by atoms with Gasteiger partial charge in [-0.3, -0.25) is 4.79 Å². The lowest BCUT2D eigenvalue weighted by atomic mass is 9.80. The topological polar surface area (TPSA) is 63.6 Å². The van der Waals surface area contributed by atoms with Crippen LogP contribution in [0.15, 0.2) is 71.5 Å². The van der Waals surface area contributed by atoms with E-state index in [0.717, 1.165) is 34.7 Å². The van der Waals surface area contributed by atoms with Gasteiger partial charge in [0, 0.05) is 48.6 Å². The van der Waals surface area contributed by atoms with E-state index in [1.165, 1.54) is 0 Å². The third-order valence-electron chi connectivity index (χ3n) is 6.30. The second-order valence-electron chi connectivity index (χ2n) is 8.31. The Labute approximate surface area is 181 Å². The molecule has 2 bridgehead atoms. The molecule has 1 N–H and O–H groups in total. The second-order valence-corrected chi connectivity index (χ2v) is 8.31. The lowest BCUT2D eigenvalue weighted by molar-refractivity contribution is 0.140. The summed E-state index contributed by atoms with van der Waals surface area (Å²) in [7, 11) is 1.65. The fourth-order valence-electron chi connectivity index (χ4n) is 4.92. The van der Waals surface area contributed by atoms with Crippen molar-refractivity contribution in [3.05, 3.63) is 82.8 Å². The molecular weight excluding hydrogens is 390 g/mol. The quantitative estimate of drug-likeness (QED) is 0.698. The third kappa shape index (κ3) is 3.69. The van der Waals surface area contributed by atoms with E-state index < -0.39 is 0 Å². The standard InChI is InChI=1S/C25H25N3O3/c1-31-21-9-7-18(8-10-21)22-11-12-23(29)28-15-17-13-19(24(22)28)16-27(14-17)25(30)26-20-5-3-2-4-6-20/h2-12,17,19H,13-16H2,1H3,(H,26,30)/t17-,19-/m0/s1. The van der Waals surface area contributed by atoms with Gasteiger partial charge in [-0.1, -0.05) is 30.3 Å². The zero-order valence-electron chi connectivity index (χ0n) is 17.5. The van der Waals surface area contributed by atoms with E-state index in [1.807, 2.05) is 70.1 Å². The van der Waals surface area contributed by atoms with Gasteiger partial charge in [-0.2, -0.15) is 0 Å². The number of ether oxygens (including phenoxy) is 1. The number of para-hydroxylation sites is 1. The summed E-state index contributed by atoms with van der Waals surface area (Å²) in [6.45, 7) is 1.90. The predicted molar refractivity (Wildman–Crippen MR) is 121 cm³/mol. The first-order valence-corrected chi connectivity index (χ1v) is 10.6. The number of methoxy groups -OCH3 is 1. The van der Waals surface area contributed by atoms with Crippen LogP contribution >= 0.6 is 0 Å². The molecule has 0 saturated carbocycles. The van der Waals surface area contributed by atoms with Crippen molar-refractivity contribution >= 4 is 11.7 Å². The van der Waals surface area contributed by atoms with Crippen molar-refractivity contribution in [1.82, 2.24) is 9.47 Å². The van der Waals surface area contributed by atoms with Crippen molar-refractivity contribution in [2.24, 2.45) is 5.92 Å². The molecule has 0 spiro atoms. The van der Waals surface area contributed by atoms with Crippen molar-refractivity contribution in [3.63, 3.8) is 0 Å². The summed E-state index contributed by atoms with van der Waals surface area (Å²) in [4.78, 5) is 27.5. The van der Waals surface area contributed by atoms with E-state index >= 15 is 0 Å². The van der Waals surface area contributed by atoms with Gasteiger partial charge in [0.05, 0.1) is 7.11 Å². The maximum atomic E-state index is 12.9. The number of amides is 2. The first kappa shape index (κ1) is 19.4. The van der Waals surface area contributed by atoms with Gasteiger partial charge in [0.2, 0.25) is 0 Å². The molecule has 6 heteroatoms. The second kappa shape index (κ2) is 7.95. The zero-order valence-corrected chi connectivity index (χ0v) is 17.5. The van der Waals surface area contributed by atoms with Crippen LogP contribution in [0.4, 0.5) is 10.5 Å². The van der Waals surface area contributed by atoms with Crippen molar-refractivity contribution in [2.45, 2.75) is 18.9 Å². The number of hydrogen-bond donors (Lipinski definition) is 1. The number of carbonyl (C=O) groups excluding carboxylic acids is 1. The number of likely N-dealkylation sites (tertiary alicyclic amines) is 1. The van der Waals surface area contributed by atoms with Crippen LogP contribution in [0, 0.1) is 5.92 Å². The summed E-state index contributed by atoms with van der Waals surface area (Å²) in [5.74, 6) is 1.20. The minimum Gasteiger partial charge on any atom is -0.497 e. The molecule has 2 aromatic carbocycles. The Morgan fingerprint density at radius 1 is 0.968 bits per heavy atom. The van der Waals surface area contributed by atoms with Crippen molar-refractivity contribution in [2.75, 3.05) is 25.5 Å². The molecule has 3 aromatic rings. The number of rotatable bonds is 3. The smallest absolute Gasteiger partial charge is 0.321 e. The number of piperidine rings is 1. The highest BCUT2D eigenvalue weighted by Gasteiger charge is 2.37. The van der Waals surface area contributed by atoms with Gasteiger partial charge >= 0.3 is 6.03 Å². The number of aromatic nitrogens is 1. The molecule has 3 heterocycles. The normalized spacial score (nSPS) is 19.5. The molecule has 1 aromatic heterocycles. The van der Waals surface area contributed by atoms with Crippen LogP contribution in [0.3, 0.4) is 0 Å². The van der Waals surface area contributed by atoms with Gasteiger partial charge in [-0.15, -0.1) is 0 Å². The SMILES string of the molecule is COc1ccc(-c2ccc(=O)n3c2[C@H]2C[C@@H](CN(C(=O)Nc4ccccc4)C2)C3)cc1. The van der Waals surface area contributed by atoms with Crippen LogP contribution in [0.25, 0.3) is 11.1 Å². The number of hydrogen-bond acceptors (Lipinski definition) is 3. The van der Waals surface area contributed by atoms with Crippen molar-refractivity contribution < 1.29 is 9.53 Å². The number of pyridine rings is 1. The number of fused-ring (bicyclic) bond motifs is 4. The van der Waals surface area contributed by atoms with E-state index in [1.54, 1.807) is 13.2 Å². The molecule has 0 radical (unpaired) electrons. The lowest BCUT2D eigenvalue weighted by Crippen LogP contribution is -2.50. The number of urea groups is 1. The minimum absolute atomic E-state index is 0.0316. The zero-order chi connectivity index (χ0) is 21.4. The minimum atomic E-state index is -0.0846. The van der Waals surface area contributed by atoms with Crippen LogP contribution in [0.1, 0.15) is 18.0 Å². The maximum absolute atomic E-state index is 12.9. The van der Waals surface area contributed by atoms with Crippen LogP contribution < -0.4 is 15.6 Å². The van der Waals surface area contributed by atoms with Crippen LogP contribution in [-0.4, -0.2) is 35.7 Å². The number of carbonyl (C=O) groups is 1. The number of benzene rings is 2. The molecule has 2 amide bonds. The molecule has 0 aliphatic carbocycles. The molecule has 5 rings (SSSR count). The Morgan fingerprint density at radius 3 is 2.48 bits per heavy atom. The molecule has 158 valence electrons. The van der Waals surface area contributed by atoms with Crippen LogP contribution in [-0.2, 0) is 6.54 Å². The Kier molecular flexibility index (Phi) is 4.98. The van der Waals surface area contributed by atoms with Gasteiger partial charge < -0.3 is 19.5 Å². The Bertz CT molecular complexity index is 1150. The highest BCUT2D eigenvalue weighted by Crippen LogP contribution is 2.40. The van der Waals surface area contributed by atoms with E-state index in [-0.39, 0.29) is 23.4 Å². The summed E-state index contributed by atoms with van der Waals surface area (Å²) in [6.07, 6.45) is 0.988. The van der Waals surface area contributed by atoms with Gasteiger partial charge in [0.25, 0.3) is 5.56 Å². The molecule has 0 unspecified atom stereocenters. The Morgan fingerprint density at radius 2 is 1.74 bits per heavy atom. The summed E-state index contributed by atoms with van der Waals surface area (Å²) in [6, 6.07) is 20.9. The van der Waals surface area contributed by atoms with Crippen LogP contribution in [0.5, 0.6) is 5.75 Å². The summed E-state index contributed by atoms with van der Waals surface area (Å²) in [5, 5.41) is 3.00. The van der Waals surface area contributed by atoms with Gasteiger partial charge in [0.15, 0.2) is 0 Å². The summed E-state index contributed by atoms with van der Waals surface area (Å²) >= 11 is 0. The molecule has 6 nitrogen and oxygen atoms in total. The molecule has 2 aliphatic rings. The fraction of sp³-hybridized carbons (Fsp3) is 0.280. The number of anilines is 1. The Balaban J connectivity index is 1.47. The number of nitrogens with zero attached hydrogens (tertiary/aromatic N) is 2. The first-order chi connectivity index (χ1) is 15.1. The van der Waals surface area contributed by atoms with Crippen LogP contribution in [0.2, 0.25) is 0 Å². The van der Waals surface area contributed by atoms with Crippen molar-refractivity contribution in [3.8, 4) is 16.9 Å². The van der Waals surface area contributed by atoms with Crippen molar-refractivity contribution in [1.29, 1.82) is 0 Å². The summed E-state index contributed by atoms with van der Waals surface area (Å²) in [5.41, 5.74) is 3.96. The highest BCUT2D eigenvalue weighted by atomic mass is 16.5. The Hall–Kier alpha value is -3.54. The summed E-state index contributed by atoms with van der Waals surface area (Å²) < 4.78 is 7.21. The lowest BCUT2D eigenvalue weighted by Gasteiger charge is -2.43. The number of nitrogens with one attached hydrogen (secondary N) is 1. The van der Waals surface area contributed by atoms with Gasteiger partial charge in [-0.05, 0) is 48.2 Å². The molecule has 1 fully saturated rings. The predicted octanol–water partition coefficient (Wildman–Crippen LogP) is 4.18. The van der Waals surface area contributed by atoms with E-state index in [2.05, 4.69) is 5.32 Å². The van der Waals surface area contributed by atoms with E-state index in [4.69, 9.17) is 4.74 Å². The molecule has 31 heavy (non-hydrogen) atoms. The molecule has 2 aliphatic heterocycles. The third-order valence-corrected chi connectivity index (χ3v) is 6.30. The average Bonchev–Trinajstić information content (AvgIpc) is 2.80.